The van der Waals surface area contributed by atoms with Crippen LogP contribution in [0.25, 0.3) is 0 Å². The topological polar surface area (TPSA) is 21.3 Å². The second kappa shape index (κ2) is 4.63. The van der Waals surface area contributed by atoms with Crippen LogP contribution in [0.3, 0.4) is 0 Å². The third-order valence-corrected chi connectivity index (χ3v) is 2.87. The minimum absolute atomic E-state index is 0.241. The fourth-order valence-electron chi connectivity index (χ4n) is 2.65. The summed E-state index contributed by atoms with van der Waals surface area (Å²) < 4.78 is 5.37. The first-order valence-corrected chi connectivity index (χ1v) is 5.71. The lowest BCUT2D eigenvalue weighted by molar-refractivity contribution is 0.0600. The second-order valence-corrected chi connectivity index (χ2v) is 5.83. The Morgan fingerprint density at radius 3 is 2.43 bits per heavy atom. The van der Waals surface area contributed by atoms with Crippen LogP contribution >= 0.6 is 0 Å². The van der Waals surface area contributed by atoms with Gasteiger partial charge in [-0.2, -0.15) is 0 Å². The molecule has 1 saturated heterocycles. The van der Waals surface area contributed by atoms with E-state index in [2.05, 4.69) is 26.1 Å². The number of rotatable bonds is 3. The lowest BCUT2D eigenvalue weighted by Crippen LogP contribution is -2.53. The van der Waals surface area contributed by atoms with Gasteiger partial charge in [-0.3, -0.25) is 0 Å². The normalized spacial score (nSPS) is 29.1. The number of ether oxygens (including phenoxy) is 1. The molecule has 0 saturated carbocycles. The zero-order valence-electron chi connectivity index (χ0n) is 10.2. The van der Waals surface area contributed by atoms with Crippen LogP contribution in [0.15, 0.2) is 0 Å². The Morgan fingerprint density at radius 1 is 1.29 bits per heavy atom. The standard InChI is InChI=1S/C12H25NO/c1-11(2,3)9-12(10-14-4)7-5-6-8-13-12/h13H,5-10H2,1-4H3. The van der Waals surface area contributed by atoms with Crippen LogP contribution in [0.5, 0.6) is 0 Å². The first-order valence-electron chi connectivity index (χ1n) is 5.71. The molecule has 1 aliphatic heterocycles. The zero-order chi connectivity index (χ0) is 10.7. The van der Waals surface area contributed by atoms with E-state index in [4.69, 9.17) is 4.74 Å². The van der Waals surface area contributed by atoms with Crippen LogP contribution in [0, 0.1) is 5.41 Å². The molecule has 0 aromatic rings. The van der Waals surface area contributed by atoms with Crippen molar-refractivity contribution in [1.29, 1.82) is 0 Å². The van der Waals surface area contributed by atoms with Gasteiger partial charge in [0.25, 0.3) is 0 Å². The Labute approximate surface area is 88.4 Å². The van der Waals surface area contributed by atoms with Crippen molar-refractivity contribution in [3.8, 4) is 0 Å². The Bertz CT molecular complexity index is 160. The summed E-state index contributed by atoms with van der Waals surface area (Å²) >= 11 is 0. The lowest BCUT2D eigenvalue weighted by atomic mass is 9.76. The number of hydrogen-bond acceptors (Lipinski definition) is 2. The third kappa shape index (κ3) is 3.58. The molecule has 84 valence electrons. The molecule has 2 nitrogen and oxygen atoms in total. The lowest BCUT2D eigenvalue weighted by Gasteiger charge is -2.42. The van der Waals surface area contributed by atoms with Crippen LogP contribution < -0.4 is 5.32 Å². The molecule has 1 aliphatic rings. The van der Waals surface area contributed by atoms with E-state index in [1.807, 2.05) is 0 Å². The van der Waals surface area contributed by atoms with Gasteiger partial charge in [0.15, 0.2) is 0 Å². The van der Waals surface area contributed by atoms with Gasteiger partial charge in [0.05, 0.1) is 6.61 Å². The van der Waals surface area contributed by atoms with Crippen molar-refractivity contribution >= 4 is 0 Å². The van der Waals surface area contributed by atoms with Gasteiger partial charge in [0, 0.05) is 12.6 Å². The Morgan fingerprint density at radius 2 is 2.00 bits per heavy atom. The van der Waals surface area contributed by atoms with Crippen molar-refractivity contribution in [2.45, 2.75) is 52.0 Å². The molecule has 0 radical (unpaired) electrons. The minimum Gasteiger partial charge on any atom is -0.383 e. The Balaban J connectivity index is 2.60. The summed E-state index contributed by atoms with van der Waals surface area (Å²) in [6.07, 6.45) is 5.12. The molecule has 2 heteroatoms. The summed E-state index contributed by atoms with van der Waals surface area (Å²) in [7, 11) is 1.81. The SMILES string of the molecule is COCC1(CC(C)(C)C)CCCCN1. The fraction of sp³-hybridized carbons (Fsp3) is 1.00. The van der Waals surface area contributed by atoms with E-state index in [0.717, 1.165) is 13.2 Å². The number of methoxy groups -OCH3 is 1. The first-order chi connectivity index (χ1) is 6.47. The average molecular weight is 199 g/mol. The molecule has 14 heavy (non-hydrogen) atoms. The van der Waals surface area contributed by atoms with Crippen LogP contribution in [-0.2, 0) is 4.74 Å². The molecule has 1 unspecified atom stereocenters. The van der Waals surface area contributed by atoms with Gasteiger partial charge < -0.3 is 10.1 Å². The van der Waals surface area contributed by atoms with E-state index >= 15 is 0 Å². The first kappa shape index (κ1) is 12.0. The highest BCUT2D eigenvalue weighted by molar-refractivity contribution is 4.94. The van der Waals surface area contributed by atoms with Gasteiger partial charge in [0.2, 0.25) is 0 Å². The molecule has 1 atom stereocenters. The minimum atomic E-state index is 0.241. The molecular weight excluding hydrogens is 174 g/mol. The molecule has 0 aromatic carbocycles. The van der Waals surface area contributed by atoms with Crippen molar-refractivity contribution in [1.82, 2.24) is 5.32 Å². The van der Waals surface area contributed by atoms with Gasteiger partial charge >= 0.3 is 0 Å². The highest BCUT2D eigenvalue weighted by Crippen LogP contribution is 2.32. The number of nitrogens with one attached hydrogen (secondary N) is 1. The van der Waals surface area contributed by atoms with E-state index in [9.17, 15) is 0 Å². The fourth-order valence-corrected chi connectivity index (χ4v) is 2.65. The van der Waals surface area contributed by atoms with E-state index in [1.54, 1.807) is 7.11 Å². The van der Waals surface area contributed by atoms with Gasteiger partial charge in [-0.15, -0.1) is 0 Å². The largest absolute Gasteiger partial charge is 0.383 e. The average Bonchev–Trinajstić information content (AvgIpc) is 2.02. The Kier molecular flexibility index (Phi) is 3.96. The molecular formula is C12H25NO. The van der Waals surface area contributed by atoms with Gasteiger partial charge in [-0.05, 0) is 31.2 Å². The number of hydrogen-bond donors (Lipinski definition) is 1. The summed E-state index contributed by atoms with van der Waals surface area (Å²) in [5.41, 5.74) is 0.619. The molecule has 0 aliphatic carbocycles. The number of piperidine rings is 1. The van der Waals surface area contributed by atoms with Gasteiger partial charge in [-0.1, -0.05) is 27.2 Å². The van der Waals surface area contributed by atoms with E-state index in [1.165, 1.54) is 25.7 Å². The van der Waals surface area contributed by atoms with E-state index < -0.39 is 0 Å². The van der Waals surface area contributed by atoms with Crippen LogP contribution in [-0.4, -0.2) is 25.8 Å². The maximum Gasteiger partial charge on any atom is 0.0644 e. The third-order valence-electron chi connectivity index (χ3n) is 2.87. The molecule has 1 fully saturated rings. The monoisotopic (exact) mass is 199 g/mol. The molecule has 1 heterocycles. The predicted molar refractivity (Wildman–Crippen MR) is 60.5 cm³/mol. The van der Waals surface area contributed by atoms with Crippen LogP contribution in [0.2, 0.25) is 0 Å². The molecule has 1 N–H and O–H groups in total. The predicted octanol–water partition coefficient (Wildman–Crippen LogP) is 2.58. The maximum absolute atomic E-state index is 5.37. The zero-order valence-corrected chi connectivity index (χ0v) is 10.2. The van der Waals surface area contributed by atoms with Gasteiger partial charge in [-0.25, -0.2) is 0 Å². The highest BCUT2D eigenvalue weighted by Gasteiger charge is 2.35. The molecule has 0 bridgehead atoms. The molecule has 0 aromatic heterocycles. The molecule has 1 rings (SSSR count). The smallest absolute Gasteiger partial charge is 0.0644 e. The van der Waals surface area contributed by atoms with Gasteiger partial charge in [0.1, 0.15) is 0 Å². The Hall–Kier alpha value is -0.0800. The van der Waals surface area contributed by atoms with Crippen molar-refractivity contribution in [2.24, 2.45) is 5.41 Å². The van der Waals surface area contributed by atoms with Crippen molar-refractivity contribution in [3.63, 3.8) is 0 Å². The van der Waals surface area contributed by atoms with Crippen molar-refractivity contribution in [3.05, 3.63) is 0 Å². The van der Waals surface area contributed by atoms with Crippen molar-refractivity contribution in [2.75, 3.05) is 20.3 Å². The van der Waals surface area contributed by atoms with Crippen molar-refractivity contribution < 1.29 is 4.74 Å². The summed E-state index contributed by atoms with van der Waals surface area (Å²) in [5.74, 6) is 0. The second-order valence-electron chi connectivity index (χ2n) is 5.83. The van der Waals surface area contributed by atoms with E-state index in [0.29, 0.717) is 5.41 Å². The molecule has 0 amide bonds. The van der Waals surface area contributed by atoms with E-state index in [-0.39, 0.29) is 5.54 Å². The van der Waals surface area contributed by atoms with Crippen LogP contribution in [0.1, 0.15) is 46.5 Å². The highest BCUT2D eigenvalue weighted by atomic mass is 16.5. The molecule has 0 spiro atoms. The summed E-state index contributed by atoms with van der Waals surface area (Å²) in [5, 5.41) is 3.67. The van der Waals surface area contributed by atoms with Crippen LogP contribution in [0.4, 0.5) is 0 Å². The maximum atomic E-state index is 5.37. The summed E-state index contributed by atoms with van der Waals surface area (Å²) in [6, 6.07) is 0. The summed E-state index contributed by atoms with van der Waals surface area (Å²) in [4.78, 5) is 0. The summed E-state index contributed by atoms with van der Waals surface area (Å²) in [6.45, 7) is 8.92. The quantitative estimate of drug-likeness (QED) is 0.754.